The minimum Gasteiger partial charge on any atom is -0.333 e. The largest absolute Gasteiger partial charge is 0.333 e. The van der Waals surface area contributed by atoms with Gasteiger partial charge in [0.05, 0.1) is 11.7 Å². The Morgan fingerprint density at radius 3 is 2.88 bits per heavy atom. The van der Waals surface area contributed by atoms with Gasteiger partial charge in [0.1, 0.15) is 5.82 Å². The number of nitrogens with two attached hydrogens (primary N) is 1. The number of aryl methyl sites for hydroxylation is 1. The summed E-state index contributed by atoms with van der Waals surface area (Å²) in [6.07, 6.45) is 6.95. The van der Waals surface area contributed by atoms with Crippen molar-refractivity contribution < 1.29 is 0 Å². The number of hydrogen-bond acceptors (Lipinski definition) is 3. The van der Waals surface area contributed by atoms with Crippen LogP contribution in [0, 0.1) is 0 Å². The van der Waals surface area contributed by atoms with Crippen molar-refractivity contribution in [3.8, 4) is 0 Å². The van der Waals surface area contributed by atoms with Gasteiger partial charge in [-0.05, 0) is 38.8 Å². The average molecular weight is 220 g/mol. The van der Waals surface area contributed by atoms with Crippen LogP contribution in [0.15, 0.2) is 6.20 Å². The van der Waals surface area contributed by atoms with Gasteiger partial charge in [-0.15, -0.1) is 0 Å². The van der Waals surface area contributed by atoms with Crippen molar-refractivity contribution in [2.24, 2.45) is 5.73 Å². The molecule has 0 radical (unpaired) electrons. The molecule has 1 fully saturated rings. The number of rotatable bonds is 1. The van der Waals surface area contributed by atoms with E-state index in [0.29, 0.717) is 5.92 Å². The van der Waals surface area contributed by atoms with Crippen molar-refractivity contribution in [2.45, 2.75) is 44.2 Å². The van der Waals surface area contributed by atoms with E-state index in [1.807, 2.05) is 0 Å². The fourth-order valence-corrected chi connectivity index (χ4v) is 2.85. The molecule has 4 nitrogen and oxygen atoms in total. The van der Waals surface area contributed by atoms with Crippen LogP contribution in [0.25, 0.3) is 0 Å². The van der Waals surface area contributed by atoms with Crippen LogP contribution in [0.2, 0.25) is 0 Å². The van der Waals surface area contributed by atoms with Crippen molar-refractivity contribution >= 4 is 0 Å². The average Bonchev–Trinajstić information content (AvgIpc) is 2.76. The van der Waals surface area contributed by atoms with Crippen LogP contribution in [-0.2, 0) is 6.54 Å². The molecule has 1 aromatic heterocycles. The molecule has 3 heterocycles. The maximum Gasteiger partial charge on any atom is 0.125 e. The summed E-state index contributed by atoms with van der Waals surface area (Å²) < 4.78 is 2.27. The molecule has 1 unspecified atom stereocenters. The monoisotopic (exact) mass is 220 g/mol. The molecule has 1 atom stereocenters. The van der Waals surface area contributed by atoms with E-state index in [0.717, 1.165) is 31.9 Å². The molecule has 0 aromatic carbocycles. The molecule has 16 heavy (non-hydrogen) atoms. The molecule has 2 aliphatic heterocycles. The molecule has 3 rings (SSSR count). The summed E-state index contributed by atoms with van der Waals surface area (Å²) >= 11 is 0. The zero-order chi connectivity index (χ0) is 11.0. The smallest absolute Gasteiger partial charge is 0.125 e. The van der Waals surface area contributed by atoms with E-state index in [2.05, 4.69) is 16.1 Å². The van der Waals surface area contributed by atoms with E-state index >= 15 is 0 Å². The molecule has 3 N–H and O–H groups in total. The van der Waals surface area contributed by atoms with Gasteiger partial charge in [-0.3, -0.25) is 0 Å². The number of fused-ring (bicyclic) bond motifs is 1. The summed E-state index contributed by atoms with van der Waals surface area (Å²) in [5.41, 5.74) is 7.37. The number of aromatic nitrogens is 2. The summed E-state index contributed by atoms with van der Waals surface area (Å²) in [5.74, 6) is 1.76. The second-order valence-corrected chi connectivity index (χ2v) is 4.99. The zero-order valence-corrected chi connectivity index (χ0v) is 9.65. The Morgan fingerprint density at radius 1 is 1.31 bits per heavy atom. The van der Waals surface area contributed by atoms with E-state index in [9.17, 15) is 0 Å². The fraction of sp³-hybridized carbons (Fsp3) is 0.750. The number of imidazole rings is 1. The Labute approximate surface area is 96.2 Å². The third kappa shape index (κ3) is 1.76. The summed E-state index contributed by atoms with van der Waals surface area (Å²) in [7, 11) is 0. The van der Waals surface area contributed by atoms with E-state index in [-0.39, 0.29) is 6.04 Å². The van der Waals surface area contributed by atoms with Crippen LogP contribution in [0.1, 0.15) is 49.2 Å². The Bertz CT molecular complexity index is 365. The fourth-order valence-electron chi connectivity index (χ4n) is 2.85. The van der Waals surface area contributed by atoms with Crippen LogP contribution in [0.5, 0.6) is 0 Å². The van der Waals surface area contributed by atoms with Crippen molar-refractivity contribution in [3.63, 3.8) is 0 Å². The summed E-state index contributed by atoms with van der Waals surface area (Å²) in [5, 5.41) is 3.40. The number of nitrogens with zero attached hydrogens (tertiary/aromatic N) is 2. The van der Waals surface area contributed by atoms with Gasteiger partial charge in [-0.2, -0.15) is 0 Å². The maximum absolute atomic E-state index is 6.09. The number of piperidine rings is 1. The van der Waals surface area contributed by atoms with Crippen molar-refractivity contribution in [2.75, 3.05) is 13.1 Å². The first kappa shape index (κ1) is 10.3. The topological polar surface area (TPSA) is 55.9 Å². The van der Waals surface area contributed by atoms with Gasteiger partial charge < -0.3 is 15.6 Å². The Kier molecular flexibility index (Phi) is 2.69. The lowest BCUT2D eigenvalue weighted by Gasteiger charge is -2.20. The predicted octanol–water partition coefficient (Wildman–Crippen LogP) is 1.14. The van der Waals surface area contributed by atoms with Gasteiger partial charge in [0.2, 0.25) is 0 Å². The molecule has 1 aromatic rings. The van der Waals surface area contributed by atoms with Crippen LogP contribution >= 0.6 is 0 Å². The maximum atomic E-state index is 6.09. The van der Waals surface area contributed by atoms with E-state index < -0.39 is 0 Å². The van der Waals surface area contributed by atoms with Gasteiger partial charge in [-0.1, -0.05) is 0 Å². The Morgan fingerprint density at radius 2 is 2.12 bits per heavy atom. The molecule has 2 aliphatic rings. The van der Waals surface area contributed by atoms with Gasteiger partial charge >= 0.3 is 0 Å². The summed E-state index contributed by atoms with van der Waals surface area (Å²) in [4.78, 5) is 4.77. The third-order valence-corrected chi connectivity index (χ3v) is 3.83. The highest BCUT2D eigenvalue weighted by Crippen LogP contribution is 2.28. The molecule has 1 saturated heterocycles. The highest BCUT2D eigenvalue weighted by molar-refractivity contribution is 5.14. The molecule has 0 bridgehead atoms. The first-order valence-electron chi connectivity index (χ1n) is 6.38. The SMILES string of the molecule is NC1CCCn2cc(C3CCNCC3)nc21. The lowest BCUT2D eigenvalue weighted by molar-refractivity contribution is 0.449. The van der Waals surface area contributed by atoms with Crippen LogP contribution in [-0.4, -0.2) is 22.6 Å². The molecular weight excluding hydrogens is 200 g/mol. The predicted molar refractivity (Wildman–Crippen MR) is 63.2 cm³/mol. The zero-order valence-electron chi connectivity index (χ0n) is 9.65. The van der Waals surface area contributed by atoms with Gasteiger partial charge in [0, 0.05) is 18.7 Å². The molecular formula is C12H20N4. The first-order valence-corrected chi connectivity index (χ1v) is 6.38. The number of hydrogen-bond donors (Lipinski definition) is 2. The minimum atomic E-state index is 0.157. The van der Waals surface area contributed by atoms with Gasteiger partial charge in [0.15, 0.2) is 0 Å². The van der Waals surface area contributed by atoms with Crippen molar-refractivity contribution in [1.82, 2.24) is 14.9 Å². The lowest BCUT2D eigenvalue weighted by atomic mass is 9.95. The highest BCUT2D eigenvalue weighted by Gasteiger charge is 2.23. The molecule has 0 spiro atoms. The Balaban J connectivity index is 1.85. The van der Waals surface area contributed by atoms with Crippen LogP contribution in [0.3, 0.4) is 0 Å². The van der Waals surface area contributed by atoms with E-state index in [1.54, 1.807) is 0 Å². The van der Waals surface area contributed by atoms with Crippen LogP contribution < -0.4 is 11.1 Å². The van der Waals surface area contributed by atoms with Gasteiger partial charge in [0.25, 0.3) is 0 Å². The summed E-state index contributed by atoms with van der Waals surface area (Å²) in [6.45, 7) is 3.35. The molecule has 4 heteroatoms. The molecule has 88 valence electrons. The van der Waals surface area contributed by atoms with Gasteiger partial charge in [-0.25, -0.2) is 4.98 Å². The molecule has 0 saturated carbocycles. The quantitative estimate of drug-likeness (QED) is 0.746. The normalized spacial score (nSPS) is 26.7. The lowest BCUT2D eigenvalue weighted by Crippen LogP contribution is -2.26. The van der Waals surface area contributed by atoms with E-state index in [4.69, 9.17) is 10.7 Å². The van der Waals surface area contributed by atoms with Crippen molar-refractivity contribution in [1.29, 1.82) is 0 Å². The minimum absolute atomic E-state index is 0.157. The first-order chi connectivity index (χ1) is 7.84. The van der Waals surface area contributed by atoms with Crippen molar-refractivity contribution in [3.05, 3.63) is 17.7 Å². The highest BCUT2D eigenvalue weighted by atomic mass is 15.1. The molecule has 0 amide bonds. The standard InChI is InChI=1S/C12H20N4/c13-10-2-1-7-16-8-11(15-12(10)16)9-3-5-14-6-4-9/h8-10,14H,1-7,13H2. The number of nitrogens with one attached hydrogen (secondary N) is 1. The van der Waals surface area contributed by atoms with Crippen LogP contribution in [0.4, 0.5) is 0 Å². The second kappa shape index (κ2) is 4.18. The second-order valence-electron chi connectivity index (χ2n) is 4.99. The Hall–Kier alpha value is -0.870. The van der Waals surface area contributed by atoms with E-state index in [1.165, 1.54) is 25.0 Å². The molecule has 0 aliphatic carbocycles. The summed E-state index contributed by atoms with van der Waals surface area (Å²) in [6, 6.07) is 0.157. The third-order valence-electron chi connectivity index (χ3n) is 3.83.